The standard InChI is InChI=1S/C14H14N2O2/c1-9-6-10-4-2-3-5-12(10)15-13(9)16-7-11(8-16)14(17)18/h2-6,11H,7-8H2,1H3,(H,17,18). The average molecular weight is 242 g/mol. The molecular weight excluding hydrogens is 228 g/mol. The van der Waals surface area contributed by atoms with Gasteiger partial charge in [-0.05, 0) is 24.6 Å². The molecule has 3 rings (SSSR count). The first-order valence-electron chi connectivity index (χ1n) is 5.99. The summed E-state index contributed by atoms with van der Waals surface area (Å²) in [6.07, 6.45) is 0. The maximum atomic E-state index is 10.8. The van der Waals surface area contributed by atoms with Gasteiger partial charge >= 0.3 is 5.97 Å². The Hall–Kier alpha value is -2.10. The molecule has 0 spiro atoms. The summed E-state index contributed by atoms with van der Waals surface area (Å²) in [5.74, 6) is -0.0615. The van der Waals surface area contributed by atoms with Gasteiger partial charge in [-0.1, -0.05) is 18.2 Å². The summed E-state index contributed by atoms with van der Waals surface area (Å²) in [6.45, 7) is 3.13. The van der Waals surface area contributed by atoms with Gasteiger partial charge in [-0.25, -0.2) is 4.98 Å². The molecule has 2 aromatic rings. The number of anilines is 1. The highest BCUT2D eigenvalue weighted by Crippen LogP contribution is 2.28. The predicted octanol–water partition coefficient (Wildman–Crippen LogP) is 2.06. The largest absolute Gasteiger partial charge is 0.481 e. The molecule has 4 nitrogen and oxygen atoms in total. The average Bonchev–Trinajstić information content (AvgIpc) is 2.27. The lowest BCUT2D eigenvalue weighted by molar-refractivity contribution is -0.142. The smallest absolute Gasteiger partial charge is 0.310 e. The minimum atomic E-state index is -0.718. The van der Waals surface area contributed by atoms with Gasteiger partial charge in [0.15, 0.2) is 0 Å². The van der Waals surface area contributed by atoms with Crippen LogP contribution in [0.15, 0.2) is 30.3 Å². The Morgan fingerprint density at radius 1 is 1.39 bits per heavy atom. The first kappa shape index (κ1) is 11.0. The molecule has 0 amide bonds. The van der Waals surface area contributed by atoms with Crippen molar-refractivity contribution in [3.8, 4) is 0 Å². The fourth-order valence-corrected chi connectivity index (χ4v) is 2.34. The summed E-state index contributed by atoms with van der Waals surface area (Å²) in [5.41, 5.74) is 2.05. The summed E-state index contributed by atoms with van der Waals surface area (Å²) < 4.78 is 0. The highest BCUT2D eigenvalue weighted by Gasteiger charge is 2.34. The fraction of sp³-hybridized carbons (Fsp3) is 0.286. The summed E-state index contributed by atoms with van der Waals surface area (Å²) in [6, 6.07) is 10.1. The number of para-hydroxylation sites is 1. The number of hydrogen-bond donors (Lipinski definition) is 1. The van der Waals surface area contributed by atoms with Crippen LogP contribution in [0.2, 0.25) is 0 Å². The highest BCUT2D eigenvalue weighted by atomic mass is 16.4. The van der Waals surface area contributed by atoms with Crippen molar-refractivity contribution in [2.24, 2.45) is 5.92 Å². The van der Waals surface area contributed by atoms with Crippen molar-refractivity contribution in [3.63, 3.8) is 0 Å². The first-order chi connectivity index (χ1) is 8.65. The van der Waals surface area contributed by atoms with Crippen LogP contribution in [0, 0.1) is 12.8 Å². The zero-order valence-corrected chi connectivity index (χ0v) is 10.1. The van der Waals surface area contributed by atoms with Crippen LogP contribution >= 0.6 is 0 Å². The van der Waals surface area contributed by atoms with E-state index in [0.717, 1.165) is 22.3 Å². The number of carbonyl (C=O) groups is 1. The first-order valence-corrected chi connectivity index (χ1v) is 5.99. The lowest BCUT2D eigenvalue weighted by Crippen LogP contribution is -2.51. The van der Waals surface area contributed by atoms with E-state index in [4.69, 9.17) is 5.11 Å². The number of pyridine rings is 1. The van der Waals surface area contributed by atoms with Crippen LogP contribution < -0.4 is 4.90 Å². The van der Waals surface area contributed by atoms with Crippen LogP contribution in [-0.4, -0.2) is 29.1 Å². The molecule has 0 radical (unpaired) electrons. The molecule has 2 heterocycles. The van der Waals surface area contributed by atoms with Crippen LogP contribution in [0.5, 0.6) is 0 Å². The van der Waals surface area contributed by atoms with E-state index >= 15 is 0 Å². The van der Waals surface area contributed by atoms with Gasteiger partial charge < -0.3 is 10.0 Å². The Balaban J connectivity index is 1.93. The van der Waals surface area contributed by atoms with Crippen molar-refractivity contribution >= 4 is 22.7 Å². The molecule has 0 atom stereocenters. The number of hydrogen-bond acceptors (Lipinski definition) is 3. The lowest BCUT2D eigenvalue weighted by Gasteiger charge is -2.38. The number of carboxylic acids is 1. The monoisotopic (exact) mass is 242 g/mol. The Morgan fingerprint density at radius 3 is 2.83 bits per heavy atom. The third-order valence-electron chi connectivity index (χ3n) is 3.42. The molecule has 1 saturated heterocycles. The molecule has 4 heteroatoms. The van der Waals surface area contributed by atoms with Crippen LogP contribution in [0.1, 0.15) is 5.56 Å². The third kappa shape index (κ3) is 1.70. The lowest BCUT2D eigenvalue weighted by atomic mass is 9.99. The zero-order valence-electron chi connectivity index (χ0n) is 10.1. The quantitative estimate of drug-likeness (QED) is 0.875. The number of aromatic nitrogens is 1. The molecule has 0 unspecified atom stereocenters. The minimum absolute atomic E-state index is 0.252. The number of benzene rings is 1. The summed E-state index contributed by atoms with van der Waals surface area (Å²) in [4.78, 5) is 17.5. The highest BCUT2D eigenvalue weighted by molar-refractivity contribution is 5.82. The summed E-state index contributed by atoms with van der Waals surface area (Å²) >= 11 is 0. The number of rotatable bonds is 2. The predicted molar refractivity (Wildman–Crippen MR) is 69.8 cm³/mol. The number of carboxylic acid groups (broad SMARTS) is 1. The second-order valence-electron chi connectivity index (χ2n) is 4.76. The molecule has 0 bridgehead atoms. The molecule has 92 valence electrons. The molecule has 18 heavy (non-hydrogen) atoms. The number of aliphatic carboxylic acids is 1. The van der Waals surface area contributed by atoms with Crippen molar-refractivity contribution in [1.29, 1.82) is 0 Å². The molecule has 1 aromatic heterocycles. The van der Waals surface area contributed by atoms with Gasteiger partial charge in [0.05, 0.1) is 11.4 Å². The Bertz CT molecular complexity index is 618. The molecule has 0 aliphatic carbocycles. The normalized spacial score (nSPS) is 15.7. The molecule has 1 fully saturated rings. The third-order valence-corrected chi connectivity index (χ3v) is 3.42. The van der Waals surface area contributed by atoms with E-state index in [0.29, 0.717) is 13.1 Å². The van der Waals surface area contributed by atoms with Gasteiger partial charge in [-0.15, -0.1) is 0 Å². The molecule has 0 saturated carbocycles. The molecule has 1 N–H and O–H groups in total. The number of nitrogens with zero attached hydrogens (tertiary/aromatic N) is 2. The molecular formula is C14H14N2O2. The van der Waals surface area contributed by atoms with Crippen molar-refractivity contribution < 1.29 is 9.90 Å². The summed E-state index contributed by atoms with van der Waals surface area (Å²) in [7, 11) is 0. The number of fused-ring (bicyclic) bond motifs is 1. The van der Waals surface area contributed by atoms with E-state index in [9.17, 15) is 4.79 Å². The zero-order chi connectivity index (χ0) is 12.7. The van der Waals surface area contributed by atoms with Crippen LogP contribution in [-0.2, 0) is 4.79 Å². The number of aryl methyl sites for hydroxylation is 1. The van der Waals surface area contributed by atoms with E-state index in [1.165, 1.54) is 0 Å². The second-order valence-corrected chi connectivity index (χ2v) is 4.76. The van der Waals surface area contributed by atoms with Crippen molar-refractivity contribution in [2.45, 2.75) is 6.92 Å². The van der Waals surface area contributed by atoms with E-state index < -0.39 is 5.97 Å². The summed E-state index contributed by atoms with van der Waals surface area (Å²) in [5, 5.41) is 10.0. The molecule has 1 aliphatic heterocycles. The van der Waals surface area contributed by atoms with E-state index in [-0.39, 0.29) is 5.92 Å². The maximum Gasteiger partial charge on any atom is 0.310 e. The fourth-order valence-electron chi connectivity index (χ4n) is 2.34. The van der Waals surface area contributed by atoms with Crippen molar-refractivity contribution in [1.82, 2.24) is 4.98 Å². The Kier molecular flexibility index (Phi) is 2.44. The van der Waals surface area contributed by atoms with Gasteiger partial charge in [-0.2, -0.15) is 0 Å². The van der Waals surface area contributed by atoms with E-state index in [1.54, 1.807) is 0 Å². The second kappa shape index (κ2) is 3.98. The van der Waals surface area contributed by atoms with Gasteiger partial charge in [0.1, 0.15) is 5.82 Å². The van der Waals surface area contributed by atoms with Gasteiger partial charge in [-0.3, -0.25) is 4.79 Å². The maximum absolute atomic E-state index is 10.8. The van der Waals surface area contributed by atoms with Crippen molar-refractivity contribution in [2.75, 3.05) is 18.0 Å². The van der Waals surface area contributed by atoms with E-state index in [2.05, 4.69) is 11.1 Å². The van der Waals surface area contributed by atoms with Crippen molar-refractivity contribution in [3.05, 3.63) is 35.9 Å². The van der Waals surface area contributed by atoms with Crippen LogP contribution in [0.3, 0.4) is 0 Å². The van der Waals surface area contributed by atoms with Gasteiger partial charge in [0, 0.05) is 18.5 Å². The minimum Gasteiger partial charge on any atom is -0.481 e. The van der Waals surface area contributed by atoms with Gasteiger partial charge in [0.25, 0.3) is 0 Å². The molecule has 1 aliphatic rings. The Morgan fingerprint density at radius 2 is 2.11 bits per heavy atom. The van der Waals surface area contributed by atoms with E-state index in [1.807, 2.05) is 36.1 Å². The van der Waals surface area contributed by atoms with Gasteiger partial charge in [0.2, 0.25) is 0 Å². The molecule has 1 aromatic carbocycles. The SMILES string of the molecule is Cc1cc2ccccc2nc1N1CC(C(=O)O)C1. The Labute approximate surface area is 105 Å². The topological polar surface area (TPSA) is 53.4 Å². The van der Waals surface area contributed by atoms with Crippen LogP contribution in [0.25, 0.3) is 10.9 Å². The van der Waals surface area contributed by atoms with Crippen LogP contribution in [0.4, 0.5) is 5.82 Å².